The second-order valence-electron chi connectivity index (χ2n) is 2.07. The SMILES string of the molecule is CC(C)c1nnn(S)n1. The monoisotopic (exact) mass is 144 g/mol. The first-order chi connectivity index (χ1) is 4.20. The zero-order valence-electron chi connectivity index (χ0n) is 5.31. The molecule has 1 aromatic rings. The maximum atomic E-state index is 3.87. The van der Waals surface area contributed by atoms with Crippen molar-refractivity contribution >= 4 is 12.8 Å². The summed E-state index contributed by atoms with van der Waals surface area (Å²) < 4.78 is 1.16. The molecule has 0 spiro atoms. The highest BCUT2D eigenvalue weighted by molar-refractivity contribution is 7.78. The zero-order valence-corrected chi connectivity index (χ0v) is 6.21. The summed E-state index contributed by atoms with van der Waals surface area (Å²) in [7, 11) is 0. The molecule has 1 rings (SSSR count). The predicted molar refractivity (Wildman–Crippen MR) is 36.3 cm³/mol. The van der Waals surface area contributed by atoms with Gasteiger partial charge < -0.3 is 0 Å². The molecule has 0 saturated heterocycles. The average molecular weight is 144 g/mol. The number of thiol groups is 1. The number of aromatic nitrogens is 4. The molecular weight excluding hydrogens is 136 g/mol. The van der Waals surface area contributed by atoms with Crippen molar-refractivity contribution in [1.82, 2.24) is 19.6 Å². The molecular formula is C4H8N4S. The van der Waals surface area contributed by atoms with Gasteiger partial charge in [0.25, 0.3) is 0 Å². The van der Waals surface area contributed by atoms with Crippen molar-refractivity contribution in [2.24, 2.45) is 0 Å². The van der Waals surface area contributed by atoms with Crippen LogP contribution in [-0.2, 0) is 0 Å². The molecule has 0 aromatic carbocycles. The van der Waals surface area contributed by atoms with Crippen LogP contribution in [0.3, 0.4) is 0 Å². The van der Waals surface area contributed by atoms with Crippen molar-refractivity contribution in [2.75, 3.05) is 0 Å². The minimum absolute atomic E-state index is 0.325. The van der Waals surface area contributed by atoms with E-state index in [4.69, 9.17) is 0 Å². The van der Waals surface area contributed by atoms with Gasteiger partial charge in [-0.25, -0.2) is 0 Å². The topological polar surface area (TPSA) is 43.6 Å². The van der Waals surface area contributed by atoms with Crippen LogP contribution < -0.4 is 0 Å². The van der Waals surface area contributed by atoms with Gasteiger partial charge in [-0.15, -0.1) is 14.4 Å². The molecule has 50 valence electrons. The van der Waals surface area contributed by atoms with E-state index in [0.29, 0.717) is 5.92 Å². The molecule has 0 atom stereocenters. The van der Waals surface area contributed by atoms with Gasteiger partial charge in [0.1, 0.15) is 0 Å². The molecule has 1 heterocycles. The maximum Gasteiger partial charge on any atom is 0.178 e. The van der Waals surface area contributed by atoms with Crippen molar-refractivity contribution in [2.45, 2.75) is 19.8 Å². The van der Waals surface area contributed by atoms with Crippen LogP contribution in [0.2, 0.25) is 0 Å². The first-order valence-corrected chi connectivity index (χ1v) is 3.09. The Kier molecular flexibility index (Phi) is 1.70. The number of hydrogen-bond donors (Lipinski definition) is 1. The molecule has 0 amide bonds. The van der Waals surface area contributed by atoms with Gasteiger partial charge in [-0.05, 0) is 18.0 Å². The summed E-state index contributed by atoms with van der Waals surface area (Å²) >= 11 is 3.83. The molecule has 5 heteroatoms. The minimum atomic E-state index is 0.325. The molecule has 0 unspecified atom stereocenters. The molecule has 0 bridgehead atoms. The van der Waals surface area contributed by atoms with E-state index >= 15 is 0 Å². The fourth-order valence-corrected chi connectivity index (χ4v) is 0.580. The van der Waals surface area contributed by atoms with Crippen LogP contribution in [0, 0.1) is 0 Å². The van der Waals surface area contributed by atoms with Gasteiger partial charge in [0.05, 0.1) is 0 Å². The van der Waals surface area contributed by atoms with E-state index in [1.165, 1.54) is 0 Å². The lowest BCUT2D eigenvalue weighted by Crippen LogP contribution is -1.90. The van der Waals surface area contributed by atoms with Gasteiger partial charge in [0, 0.05) is 5.92 Å². The van der Waals surface area contributed by atoms with E-state index in [9.17, 15) is 0 Å². The average Bonchev–Trinajstić information content (AvgIpc) is 2.14. The number of hydrogen-bond acceptors (Lipinski definition) is 4. The number of tetrazole rings is 1. The van der Waals surface area contributed by atoms with Crippen LogP contribution in [0.1, 0.15) is 25.6 Å². The van der Waals surface area contributed by atoms with Crippen molar-refractivity contribution in [1.29, 1.82) is 0 Å². The molecule has 1 aromatic heterocycles. The summed E-state index contributed by atoms with van der Waals surface area (Å²) in [5, 5.41) is 11.2. The maximum absolute atomic E-state index is 3.87. The van der Waals surface area contributed by atoms with Crippen LogP contribution in [-0.4, -0.2) is 19.6 Å². The highest BCUT2D eigenvalue weighted by Crippen LogP contribution is 2.04. The lowest BCUT2D eigenvalue weighted by molar-refractivity contribution is 0.775. The van der Waals surface area contributed by atoms with Gasteiger partial charge in [-0.3, -0.25) is 0 Å². The fraction of sp³-hybridized carbons (Fsp3) is 0.750. The van der Waals surface area contributed by atoms with Crippen LogP contribution in [0.25, 0.3) is 0 Å². The number of rotatable bonds is 1. The summed E-state index contributed by atoms with van der Waals surface area (Å²) in [5.74, 6) is 1.05. The summed E-state index contributed by atoms with van der Waals surface area (Å²) in [5.41, 5.74) is 0. The molecule has 0 radical (unpaired) electrons. The van der Waals surface area contributed by atoms with E-state index < -0.39 is 0 Å². The summed E-state index contributed by atoms with van der Waals surface area (Å²) in [6.07, 6.45) is 0. The molecule has 9 heavy (non-hydrogen) atoms. The molecule has 0 aliphatic rings. The van der Waals surface area contributed by atoms with Crippen LogP contribution in [0.5, 0.6) is 0 Å². The Morgan fingerprint density at radius 1 is 1.56 bits per heavy atom. The van der Waals surface area contributed by atoms with Crippen LogP contribution in [0.15, 0.2) is 0 Å². The quantitative estimate of drug-likeness (QED) is 0.583. The van der Waals surface area contributed by atoms with Gasteiger partial charge in [-0.1, -0.05) is 13.8 Å². The van der Waals surface area contributed by atoms with Gasteiger partial charge >= 0.3 is 0 Å². The Labute approximate surface area is 58.8 Å². The van der Waals surface area contributed by atoms with E-state index in [0.717, 1.165) is 10.0 Å². The first-order valence-electron chi connectivity index (χ1n) is 2.69. The Balaban J connectivity index is 2.85. The Hall–Kier alpha value is -0.580. The molecule has 0 saturated carbocycles. The van der Waals surface area contributed by atoms with Crippen LogP contribution >= 0.6 is 12.8 Å². The minimum Gasteiger partial charge on any atom is -0.125 e. The lowest BCUT2D eigenvalue weighted by Gasteiger charge is -1.91. The summed E-state index contributed by atoms with van der Waals surface area (Å²) in [4.78, 5) is 0. The first kappa shape index (κ1) is 6.54. The second-order valence-corrected chi connectivity index (χ2v) is 2.43. The highest BCUT2D eigenvalue weighted by atomic mass is 32.1. The predicted octanol–water partition coefficient (Wildman–Crippen LogP) is 0.489. The zero-order chi connectivity index (χ0) is 6.85. The number of nitrogens with zero attached hydrogens (tertiary/aromatic N) is 4. The summed E-state index contributed by atoms with van der Waals surface area (Å²) in [6, 6.07) is 0. The van der Waals surface area contributed by atoms with E-state index in [1.54, 1.807) is 0 Å². The third kappa shape index (κ3) is 1.41. The third-order valence-electron chi connectivity index (χ3n) is 0.935. The van der Waals surface area contributed by atoms with Gasteiger partial charge in [0.15, 0.2) is 5.82 Å². The smallest absolute Gasteiger partial charge is 0.125 e. The Morgan fingerprint density at radius 2 is 2.22 bits per heavy atom. The summed E-state index contributed by atoms with van der Waals surface area (Å²) in [6.45, 7) is 4.01. The Bertz CT molecular complexity index is 194. The molecule has 0 aliphatic carbocycles. The van der Waals surface area contributed by atoms with E-state index in [1.807, 2.05) is 13.8 Å². The second kappa shape index (κ2) is 2.34. The molecule has 0 N–H and O–H groups in total. The molecule has 0 aliphatic heterocycles. The lowest BCUT2D eigenvalue weighted by atomic mass is 10.2. The van der Waals surface area contributed by atoms with Crippen molar-refractivity contribution < 1.29 is 0 Å². The standard InChI is InChI=1S/C4H8N4S/c1-3(2)4-5-7-8(9)6-4/h3,9H,1-2H3. The van der Waals surface area contributed by atoms with Gasteiger partial charge in [0.2, 0.25) is 0 Å². The fourth-order valence-electron chi connectivity index (χ4n) is 0.448. The molecule has 0 fully saturated rings. The largest absolute Gasteiger partial charge is 0.178 e. The normalized spacial score (nSPS) is 10.7. The third-order valence-corrected chi connectivity index (χ3v) is 1.10. The van der Waals surface area contributed by atoms with E-state index in [2.05, 4.69) is 28.2 Å². The highest BCUT2D eigenvalue weighted by Gasteiger charge is 2.03. The van der Waals surface area contributed by atoms with Crippen molar-refractivity contribution in [3.63, 3.8) is 0 Å². The van der Waals surface area contributed by atoms with Crippen molar-refractivity contribution in [3.8, 4) is 0 Å². The molecule has 4 nitrogen and oxygen atoms in total. The Morgan fingerprint density at radius 3 is 2.44 bits per heavy atom. The van der Waals surface area contributed by atoms with E-state index in [-0.39, 0.29) is 0 Å². The van der Waals surface area contributed by atoms with Crippen LogP contribution in [0.4, 0.5) is 0 Å². The van der Waals surface area contributed by atoms with Crippen molar-refractivity contribution in [3.05, 3.63) is 5.82 Å². The van der Waals surface area contributed by atoms with Gasteiger partial charge in [-0.2, -0.15) is 0 Å².